The maximum Gasteiger partial charge on any atom is 0.306 e. The van der Waals surface area contributed by atoms with Crippen LogP contribution in [0.3, 0.4) is 0 Å². The number of hydrogen-bond acceptors (Lipinski definition) is 4. The van der Waals surface area contributed by atoms with Crippen molar-refractivity contribution in [1.82, 2.24) is 4.72 Å². The molecule has 1 aliphatic carbocycles. The zero-order valence-electron chi connectivity index (χ0n) is 12.6. The second kappa shape index (κ2) is 7.11. The van der Waals surface area contributed by atoms with E-state index in [-0.39, 0.29) is 12.5 Å². The van der Waals surface area contributed by atoms with Crippen LogP contribution in [0.25, 0.3) is 0 Å². The fourth-order valence-electron chi connectivity index (χ4n) is 2.65. The largest absolute Gasteiger partial charge is 0.481 e. The normalized spacial score (nSPS) is 22.2. The lowest BCUT2D eigenvalue weighted by atomic mass is 9.86. The van der Waals surface area contributed by atoms with Gasteiger partial charge in [-0.15, -0.1) is 0 Å². The molecule has 0 amide bonds. The van der Waals surface area contributed by atoms with Gasteiger partial charge in [0, 0.05) is 18.3 Å². The molecule has 6 nitrogen and oxygen atoms in total. The van der Waals surface area contributed by atoms with Crippen molar-refractivity contribution in [3.05, 3.63) is 29.8 Å². The number of carboxylic acid groups (broad SMARTS) is 1. The third-order valence-corrected chi connectivity index (χ3v) is 4.61. The first kappa shape index (κ1) is 16.8. The molecule has 0 bridgehead atoms. The van der Waals surface area contributed by atoms with E-state index in [1.165, 1.54) is 0 Å². The van der Waals surface area contributed by atoms with Crippen molar-refractivity contribution in [3.8, 4) is 0 Å². The fourth-order valence-corrected chi connectivity index (χ4v) is 3.08. The number of sulfonamides is 1. The quantitative estimate of drug-likeness (QED) is 0.741. The molecule has 22 heavy (non-hydrogen) atoms. The van der Waals surface area contributed by atoms with E-state index < -0.39 is 16.0 Å². The first-order chi connectivity index (χ1) is 10.3. The highest BCUT2D eigenvalue weighted by Crippen LogP contribution is 2.26. The summed E-state index contributed by atoms with van der Waals surface area (Å²) in [6, 6.07) is 7.90. The number of nitrogens with one attached hydrogen (secondary N) is 2. The number of anilines is 1. The second-order valence-corrected chi connectivity index (χ2v) is 7.65. The van der Waals surface area contributed by atoms with Crippen molar-refractivity contribution in [3.63, 3.8) is 0 Å². The molecular formula is C15H22N2O4S. The van der Waals surface area contributed by atoms with E-state index in [9.17, 15) is 13.2 Å². The molecule has 0 aliphatic heterocycles. The Morgan fingerprint density at radius 2 is 1.77 bits per heavy atom. The van der Waals surface area contributed by atoms with Gasteiger partial charge in [-0.2, -0.15) is 0 Å². The number of benzene rings is 1. The number of aliphatic carboxylic acids is 1. The predicted molar refractivity (Wildman–Crippen MR) is 85.1 cm³/mol. The SMILES string of the molecule is CS(=O)(=O)NCc1ccc(NC2CCC(C(=O)O)CC2)cc1. The standard InChI is InChI=1S/C15H22N2O4S/c1-22(20,21)16-10-11-2-6-13(7-3-11)17-14-8-4-12(5-9-14)15(18)19/h2-3,6-7,12,14,16-17H,4-5,8-10H2,1H3,(H,18,19). The molecule has 0 saturated heterocycles. The number of carboxylic acids is 1. The first-order valence-corrected chi connectivity index (χ1v) is 9.25. The molecule has 7 heteroatoms. The Balaban J connectivity index is 1.83. The molecule has 2 rings (SSSR count). The summed E-state index contributed by atoms with van der Waals surface area (Å²) in [5, 5.41) is 12.4. The van der Waals surface area contributed by atoms with E-state index >= 15 is 0 Å². The Labute approximate surface area is 131 Å². The summed E-state index contributed by atoms with van der Waals surface area (Å²) in [4.78, 5) is 10.9. The van der Waals surface area contributed by atoms with Crippen LogP contribution in [0.15, 0.2) is 24.3 Å². The van der Waals surface area contributed by atoms with Gasteiger partial charge in [0.25, 0.3) is 0 Å². The summed E-state index contributed by atoms with van der Waals surface area (Å²) in [6.45, 7) is 0.281. The third-order valence-electron chi connectivity index (χ3n) is 3.94. The Morgan fingerprint density at radius 1 is 1.18 bits per heavy atom. The van der Waals surface area contributed by atoms with Crippen LogP contribution in [0.5, 0.6) is 0 Å². The van der Waals surface area contributed by atoms with E-state index in [1.54, 1.807) is 0 Å². The lowest BCUT2D eigenvalue weighted by Gasteiger charge is -2.27. The van der Waals surface area contributed by atoms with Crippen molar-refractivity contribution in [2.45, 2.75) is 38.3 Å². The van der Waals surface area contributed by atoms with E-state index in [2.05, 4.69) is 10.0 Å². The average molecular weight is 326 g/mol. The van der Waals surface area contributed by atoms with Gasteiger partial charge in [-0.1, -0.05) is 12.1 Å². The first-order valence-electron chi connectivity index (χ1n) is 7.36. The van der Waals surface area contributed by atoms with E-state index in [1.807, 2.05) is 24.3 Å². The molecule has 1 fully saturated rings. The second-order valence-electron chi connectivity index (χ2n) is 5.82. The Hall–Kier alpha value is -1.60. The summed E-state index contributed by atoms with van der Waals surface area (Å²) in [5.41, 5.74) is 1.87. The van der Waals surface area contributed by atoms with Gasteiger partial charge in [0.2, 0.25) is 10.0 Å². The molecule has 1 aliphatic rings. The Kier molecular flexibility index (Phi) is 5.42. The third kappa shape index (κ3) is 5.31. The van der Waals surface area contributed by atoms with Crippen molar-refractivity contribution >= 4 is 21.7 Å². The number of carbonyl (C=O) groups is 1. The molecule has 1 saturated carbocycles. The van der Waals surface area contributed by atoms with Crippen LogP contribution >= 0.6 is 0 Å². The van der Waals surface area contributed by atoms with E-state index in [0.717, 1.165) is 30.3 Å². The van der Waals surface area contributed by atoms with Crippen LogP contribution in [0, 0.1) is 5.92 Å². The highest BCUT2D eigenvalue weighted by atomic mass is 32.2. The van der Waals surface area contributed by atoms with Gasteiger partial charge < -0.3 is 10.4 Å². The lowest BCUT2D eigenvalue weighted by Crippen LogP contribution is -2.29. The van der Waals surface area contributed by atoms with Gasteiger partial charge >= 0.3 is 5.97 Å². The summed E-state index contributed by atoms with van der Waals surface area (Å²) in [7, 11) is -3.18. The zero-order chi connectivity index (χ0) is 16.2. The molecule has 0 radical (unpaired) electrons. The number of hydrogen-bond donors (Lipinski definition) is 3. The Morgan fingerprint density at radius 3 is 2.27 bits per heavy atom. The molecule has 1 aromatic rings. The molecule has 0 unspecified atom stereocenters. The maximum atomic E-state index is 11.0. The van der Waals surface area contributed by atoms with Crippen molar-refractivity contribution in [2.24, 2.45) is 5.92 Å². The Bertz CT molecular complexity index is 605. The van der Waals surface area contributed by atoms with Gasteiger partial charge in [0.1, 0.15) is 0 Å². The van der Waals surface area contributed by atoms with Gasteiger partial charge in [-0.25, -0.2) is 13.1 Å². The fraction of sp³-hybridized carbons (Fsp3) is 0.533. The zero-order valence-corrected chi connectivity index (χ0v) is 13.4. The van der Waals surface area contributed by atoms with Crippen LogP contribution < -0.4 is 10.0 Å². The van der Waals surface area contributed by atoms with Gasteiger partial charge in [0.15, 0.2) is 0 Å². The van der Waals surface area contributed by atoms with Crippen LogP contribution in [-0.2, 0) is 21.4 Å². The van der Waals surface area contributed by atoms with E-state index in [4.69, 9.17) is 5.11 Å². The van der Waals surface area contributed by atoms with Gasteiger partial charge in [-0.05, 0) is 43.4 Å². The van der Waals surface area contributed by atoms with Crippen LogP contribution in [0.1, 0.15) is 31.2 Å². The topological polar surface area (TPSA) is 95.5 Å². The van der Waals surface area contributed by atoms with Crippen molar-refractivity contribution in [2.75, 3.05) is 11.6 Å². The lowest BCUT2D eigenvalue weighted by molar-refractivity contribution is -0.142. The molecule has 0 aromatic heterocycles. The van der Waals surface area contributed by atoms with Crippen molar-refractivity contribution in [1.29, 1.82) is 0 Å². The minimum atomic E-state index is -3.18. The van der Waals surface area contributed by atoms with Gasteiger partial charge in [0.05, 0.1) is 12.2 Å². The van der Waals surface area contributed by atoms with Crippen LogP contribution in [-0.4, -0.2) is 31.8 Å². The minimum absolute atomic E-state index is 0.206. The summed E-state index contributed by atoms with van der Waals surface area (Å²) >= 11 is 0. The molecule has 0 atom stereocenters. The van der Waals surface area contributed by atoms with Gasteiger partial charge in [-0.3, -0.25) is 4.79 Å². The summed E-state index contributed by atoms with van der Waals surface area (Å²) in [6.07, 6.45) is 4.27. The molecule has 1 aromatic carbocycles. The highest BCUT2D eigenvalue weighted by Gasteiger charge is 2.25. The molecule has 0 heterocycles. The monoisotopic (exact) mass is 326 g/mol. The summed E-state index contributed by atoms with van der Waals surface area (Å²) < 4.78 is 24.5. The summed E-state index contributed by atoms with van der Waals surface area (Å²) in [5.74, 6) is -0.899. The maximum absolute atomic E-state index is 11.0. The van der Waals surface area contributed by atoms with Crippen LogP contribution in [0.4, 0.5) is 5.69 Å². The molecule has 122 valence electrons. The average Bonchev–Trinajstić information content (AvgIpc) is 2.46. The van der Waals surface area contributed by atoms with Crippen LogP contribution in [0.2, 0.25) is 0 Å². The van der Waals surface area contributed by atoms with Crippen molar-refractivity contribution < 1.29 is 18.3 Å². The predicted octanol–water partition coefficient (Wildman–Crippen LogP) is 1.79. The smallest absolute Gasteiger partial charge is 0.306 e. The molecular weight excluding hydrogens is 304 g/mol. The number of rotatable bonds is 6. The highest BCUT2D eigenvalue weighted by molar-refractivity contribution is 7.88. The molecule has 3 N–H and O–H groups in total. The molecule has 0 spiro atoms. The minimum Gasteiger partial charge on any atom is -0.481 e. The van der Waals surface area contributed by atoms with E-state index in [0.29, 0.717) is 18.9 Å².